The van der Waals surface area contributed by atoms with Crippen molar-refractivity contribution in [2.24, 2.45) is 11.3 Å². The minimum Gasteiger partial charge on any atom is -0.481 e. The molecule has 0 saturated heterocycles. The highest BCUT2D eigenvalue weighted by Crippen LogP contribution is 2.31. The van der Waals surface area contributed by atoms with Gasteiger partial charge in [0.1, 0.15) is 0 Å². The second-order valence-electron chi connectivity index (χ2n) is 5.73. The van der Waals surface area contributed by atoms with Crippen molar-refractivity contribution < 1.29 is 14.7 Å². The largest absolute Gasteiger partial charge is 0.481 e. The van der Waals surface area contributed by atoms with E-state index < -0.39 is 16.9 Å². The third kappa shape index (κ3) is 3.72. The fourth-order valence-corrected chi connectivity index (χ4v) is 1.42. The molecule has 1 atom stereocenters. The van der Waals surface area contributed by atoms with Crippen LogP contribution in [0.25, 0.3) is 0 Å². The second kappa shape index (κ2) is 5.52. The van der Waals surface area contributed by atoms with Gasteiger partial charge in [0.15, 0.2) is 0 Å². The topological polar surface area (TPSA) is 66.4 Å². The van der Waals surface area contributed by atoms with Crippen molar-refractivity contribution in [3.05, 3.63) is 0 Å². The summed E-state index contributed by atoms with van der Waals surface area (Å²) in [5.41, 5.74) is -1.79. The Labute approximate surface area is 104 Å². The zero-order valence-corrected chi connectivity index (χ0v) is 11.8. The summed E-state index contributed by atoms with van der Waals surface area (Å²) in [5.74, 6) is -1.07. The van der Waals surface area contributed by atoms with Crippen molar-refractivity contribution in [2.75, 3.05) is 0 Å². The first-order chi connectivity index (χ1) is 7.56. The molecular formula is C13H25NO3. The van der Waals surface area contributed by atoms with Crippen LogP contribution in [0.5, 0.6) is 0 Å². The van der Waals surface area contributed by atoms with Gasteiger partial charge in [-0.3, -0.25) is 9.59 Å². The highest BCUT2D eigenvalue weighted by Gasteiger charge is 2.44. The number of amides is 1. The van der Waals surface area contributed by atoms with E-state index in [1.165, 1.54) is 0 Å². The highest BCUT2D eigenvalue weighted by molar-refractivity contribution is 5.81. The van der Waals surface area contributed by atoms with Crippen LogP contribution >= 0.6 is 0 Å². The molecule has 1 amide bonds. The first-order valence-corrected chi connectivity index (χ1v) is 6.11. The number of nitrogens with one attached hydrogen (secondary N) is 1. The van der Waals surface area contributed by atoms with E-state index in [0.29, 0.717) is 0 Å². The first-order valence-electron chi connectivity index (χ1n) is 6.11. The van der Waals surface area contributed by atoms with Crippen LogP contribution in [0.2, 0.25) is 0 Å². The Hall–Kier alpha value is -1.06. The van der Waals surface area contributed by atoms with Crippen molar-refractivity contribution in [2.45, 2.75) is 59.9 Å². The molecule has 2 N–H and O–H groups in total. The molecule has 0 aliphatic heterocycles. The summed E-state index contributed by atoms with van der Waals surface area (Å²) in [7, 11) is 0. The van der Waals surface area contributed by atoms with Crippen LogP contribution in [0.1, 0.15) is 54.4 Å². The van der Waals surface area contributed by atoms with Crippen molar-refractivity contribution in [1.82, 2.24) is 5.32 Å². The average molecular weight is 243 g/mol. The van der Waals surface area contributed by atoms with Gasteiger partial charge in [0.25, 0.3) is 0 Å². The van der Waals surface area contributed by atoms with Gasteiger partial charge in [-0.05, 0) is 34.1 Å². The quantitative estimate of drug-likeness (QED) is 0.753. The summed E-state index contributed by atoms with van der Waals surface area (Å²) in [5, 5.41) is 12.0. The molecule has 4 heteroatoms. The maximum atomic E-state index is 11.9. The van der Waals surface area contributed by atoms with Crippen molar-refractivity contribution in [3.8, 4) is 0 Å². The molecule has 4 nitrogen and oxygen atoms in total. The van der Waals surface area contributed by atoms with Gasteiger partial charge in [-0.25, -0.2) is 0 Å². The summed E-state index contributed by atoms with van der Waals surface area (Å²) in [6.45, 7) is 10.6. The lowest BCUT2D eigenvalue weighted by Crippen LogP contribution is -2.57. The van der Waals surface area contributed by atoms with E-state index in [1.807, 2.05) is 13.8 Å². The molecule has 0 spiro atoms. The Morgan fingerprint density at radius 3 is 2.06 bits per heavy atom. The second-order valence-corrected chi connectivity index (χ2v) is 5.73. The van der Waals surface area contributed by atoms with E-state index >= 15 is 0 Å². The maximum Gasteiger partial charge on any atom is 0.311 e. The molecule has 0 aromatic carbocycles. The summed E-state index contributed by atoms with van der Waals surface area (Å²) >= 11 is 0. The lowest BCUT2D eigenvalue weighted by atomic mass is 9.74. The Balaban J connectivity index is 4.76. The van der Waals surface area contributed by atoms with E-state index in [0.717, 1.165) is 12.8 Å². The molecule has 0 bridgehead atoms. The molecule has 0 heterocycles. The van der Waals surface area contributed by atoms with E-state index in [2.05, 4.69) is 5.32 Å². The SMILES string of the molecule is CCCC(C)C(=O)NC(C)(C)C(C)(C)C(=O)O. The van der Waals surface area contributed by atoms with Gasteiger partial charge in [0, 0.05) is 11.5 Å². The fourth-order valence-electron chi connectivity index (χ4n) is 1.42. The molecule has 0 saturated carbocycles. The molecule has 0 aliphatic carbocycles. The third-order valence-electron chi connectivity index (χ3n) is 3.70. The molecule has 0 aromatic heterocycles. The molecule has 100 valence electrons. The van der Waals surface area contributed by atoms with Gasteiger partial charge in [0.2, 0.25) is 5.91 Å². The summed E-state index contributed by atoms with van der Waals surface area (Å²) < 4.78 is 0. The lowest BCUT2D eigenvalue weighted by molar-refractivity contribution is -0.152. The summed E-state index contributed by atoms with van der Waals surface area (Å²) in [6.07, 6.45) is 1.76. The number of carbonyl (C=O) groups excluding carboxylic acids is 1. The molecular weight excluding hydrogens is 218 g/mol. The number of aliphatic carboxylic acids is 1. The number of carbonyl (C=O) groups is 2. The number of carboxylic acids is 1. The predicted octanol–water partition coefficient (Wildman–Crippen LogP) is 2.43. The Kier molecular flexibility index (Phi) is 5.17. The van der Waals surface area contributed by atoms with E-state index in [-0.39, 0.29) is 11.8 Å². The number of hydrogen-bond donors (Lipinski definition) is 2. The predicted molar refractivity (Wildman–Crippen MR) is 67.7 cm³/mol. The van der Waals surface area contributed by atoms with Gasteiger partial charge in [-0.2, -0.15) is 0 Å². The number of carboxylic acid groups (broad SMARTS) is 1. The Morgan fingerprint density at radius 1 is 1.24 bits per heavy atom. The Morgan fingerprint density at radius 2 is 1.71 bits per heavy atom. The van der Waals surface area contributed by atoms with Crippen LogP contribution < -0.4 is 5.32 Å². The zero-order chi connectivity index (χ0) is 13.9. The summed E-state index contributed by atoms with van der Waals surface area (Å²) in [4.78, 5) is 23.1. The maximum absolute atomic E-state index is 11.9. The monoisotopic (exact) mass is 243 g/mol. The average Bonchev–Trinajstić information content (AvgIpc) is 2.16. The molecule has 0 fully saturated rings. The molecule has 0 aromatic rings. The van der Waals surface area contributed by atoms with Crippen molar-refractivity contribution in [1.29, 1.82) is 0 Å². The van der Waals surface area contributed by atoms with Crippen LogP contribution in [0, 0.1) is 11.3 Å². The first kappa shape index (κ1) is 15.9. The lowest BCUT2D eigenvalue weighted by Gasteiger charge is -2.39. The van der Waals surface area contributed by atoms with Gasteiger partial charge >= 0.3 is 5.97 Å². The van der Waals surface area contributed by atoms with Crippen molar-refractivity contribution in [3.63, 3.8) is 0 Å². The van der Waals surface area contributed by atoms with Crippen LogP contribution in [-0.2, 0) is 9.59 Å². The summed E-state index contributed by atoms with van der Waals surface area (Å²) in [6, 6.07) is 0. The van der Waals surface area contributed by atoms with Gasteiger partial charge in [-0.15, -0.1) is 0 Å². The van der Waals surface area contributed by atoms with E-state index in [4.69, 9.17) is 0 Å². The normalized spacial score (nSPS) is 14.2. The smallest absolute Gasteiger partial charge is 0.311 e. The minimum absolute atomic E-state index is 0.0776. The fraction of sp³-hybridized carbons (Fsp3) is 0.846. The van der Waals surface area contributed by atoms with Crippen LogP contribution in [0.4, 0.5) is 0 Å². The molecule has 0 aliphatic rings. The van der Waals surface area contributed by atoms with Gasteiger partial charge in [-0.1, -0.05) is 20.3 Å². The highest BCUT2D eigenvalue weighted by atomic mass is 16.4. The number of hydrogen-bond acceptors (Lipinski definition) is 2. The third-order valence-corrected chi connectivity index (χ3v) is 3.70. The van der Waals surface area contributed by atoms with Gasteiger partial charge in [0.05, 0.1) is 5.41 Å². The molecule has 0 rings (SSSR count). The van der Waals surface area contributed by atoms with Crippen LogP contribution in [-0.4, -0.2) is 22.5 Å². The van der Waals surface area contributed by atoms with Crippen molar-refractivity contribution >= 4 is 11.9 Å². The van der Waals surface area contributed by atoms with Crippen LogP contribution in [0.3, 0.4) is 0 Å². The molecule has 1 unspecified atom stereocenters. The molecule has 0 radical (unpaired) electrons. The van der Waals surface area contributed by atoms with Crippen LogP contribution in [0.15, 0.2) is 0 Å². The number of rotatable bonds is 6. The standard InChI is InChI=1S/C13H25NO3/c1-7-8-9(2)10(15)14-13(5,6)12(3,4)11(16)17/h9H,7-8H2,1-6H3,(H,14,15)(H,16,17). The zero-order valence-electron chi connectivity index (χ0n) is 11.8. The molecule has 17 heavy (non-hydrogen) atoms. The van der Waals surface area contributed by atoms with E-state index in [9.17, 15) is 14.7 Å². The Bertz CT molecular complexity index is 295. The van der Waals surface area contributed by atoms with Gasteiger partial charge < -0.3 is 10.4 Å². The van der Waals surface area contributed by atoms with E-state index in [1.54, 1.807) is 27.7 Å². The minimum atomic E-state index is -1.01.